The molecule has 27 heteroatoms. The van der Waals surface area contributed by atoms with Gasteiger partial charge in [-0.25, -0.2) is 4.39 Å². The number of carbonyl (C=O) groups excluding carboxylic acids is 10. The molecule has 0 aliphatic carbocycles. The minimum absolute atomic E-state index is 0.0310. The summed E-state index contributed by atoms with van der Waals surface area (Å²) in [6.45, 7) is 16.7. The summed E-state index contributed by atoms with van der Waals surface area (Å²) in [6, 6.07) is -5.59. The number of aliphatic carboxylic acids is 1. The number of carboxylic acid groups (broad SMARTS) is 1. The van der Waals surface area contributed by atoms with E-state index in [4.69, 9.17) is 17.2 Å². The van der Waals surface area contributed by atoms with Gasteiger partial charge in [-0.3, -0.25) is 57.7 Å². The number of hydrogen-bond acceptors (Lipinski definition) is 13. The first-order valence-corrected chi connectivity index (χ1v) is 32.0. The van der Waals surface area contributed by atoms with Gasteiger partial charge < -0.3 is 74.0 Å². The molecule has 2 heterocycles. The number of halogens is 1. The number of nitrogens with zero attached hydrogens (tertiary/aromatic N) is 4. The lowest BCUT2D eigenvalue weighted by Gasteiger charge is -2.35. The van der Waals surface area contributed by atoms with Crippen LogP contribution >= 0.6 is 0 Å². The lowest BCUT2D eigenvalue weighted by Crippen LogP contribution is -2.61. The van der Waals surface area contributed by atoms with E-state index in [0.717, 1.165) is 41.9 Å². The molecule has 2 aliphatic heterocycles. The topological polar surface area (TPSA) is 401 Å². The molecular formula is C63H104FN13O13. The smallest absolute Gasteiger partial charge is 0.305 e. The molecule has 2 saturated heterocycles. The maximum absolute atomic E-state index is 14.9. The molecule has 26 nitrogen and oxygen atoms in total. The van der Waals surface area contributed by atoms with E-state index in [-0.39, 0.29) is 94.2 Å². The minimum Gasteiger partial charge on any atom is -0.481 e. The van der Waals surface area contributed by atoms with Gasteiger partial charge in [0.2, 0.25) is 59.1 Å². The molecule has 0 unspecified atom stereocenters. The molecule has 2 fully saturated rings. The van der Waals surface area contributed by atoms with Gasteiger partial charge in [0, 0.05) is 52.5 Å². The molecule has 0 saturated carbocycles. The van der Waals surface area contributed by atoms with E-state index in [1.807, 2.05) is 13.8 Å². The number of hydrogen-bond donors (Lipinski definition) is 11. The monoisotopic (exact) mass is 1270 g/mol. The van der Waals surface area contributed by atoms with Crippen molar-refractivity contribution in [3.63, 3.8) is 0 Å². The number of likely N-dealkylation sites (tertiary alicyclic amines) is 2. The quantitative estimate of drug-likeness (QED) is 0.0256. The maximum Gasteiger partial charge on any atom is 0.305 e. The highest BCUT2D eigenvalue weighted by Crippen LogP contribution is 2.26. The van der Waals surface area contributed by atoms with Gasteiger partial charge in [-0.2, -0.15) is 0 Å². The van der Waals surface area contributed by atoms with Gasteiger partial charge in [-0.15, -0.1) is 0 Å². The Labute approximate surface area is 529 Å². The molecule has 3 rings (SSSR count). The predicted octanol–water partition coefficient (Wildman–Crippen LogP) is 1.86. The fourth-order valence-corrected chi connectivity index (χ4v) is 11.2. The van der Waals surface area contributed by atoms with Crippen molar-refractivity contribution in [2.24, 2.45) is 51.8 Å². The molecule has 0 aromatic heterocycles. The van der Waals surface area contributed by atoms with Gasteiger partial charge >= 0.3 is 5.97 Å². The third-order valence-corrected chi connectivity index (χ3v) is 16.4. The number of unbranched alkanes of at least 4 members (excludes halogenated alkanes) is 4. The number of aliphatic hydroxyl groups excluding tert-OH is 1. The van der Waals surface area contributed by atoms with E-state index in [2.05, 4.69) is 43.8 Å². The second kappa shape index (κ2) is 38.3. The van der Waals surface area contributed by atoms with E-state index in [1.54, 1.807) is 46.4 Å². The van der Waals surface area contributed by atoms with Gasteiger partial charge in [0.25, 0.3) is 0 Å². The number of piperidine rings is 1. The maximum atomic E-state index is 14.9. The first-order chi connectivity index (χ1) is 42.4. The molecule has 0 spiro atoms. The predicted molar refractivity (Wildman–Crippen MR) is 336 cm³/mol. The molecule has 0 bridgehead atoms. The highest BCUT2D eigenvalue weighted by Gasteiger charge is 2.46. The van der Waals surface area contributed by atoms with Crippen LogP contribution in [0.1, 0.15) is 171 Å². The number of primary amides is 1. The number of nitrogens with two attached hydrogens (primary N) is 3. The number of guanidine groups is 1. The first kappa shape index (κ1) is 76.8. The molecule has 11 atom stereocenters. The Hall–Kier alpha value is -7.45. The lowest BCUT2D eigenvalue weighted by atomic mass is 9.95. The average Bonchev–Trinajstić information content (AvgIpc) is 1.67. The molecular weight excluding hydrogens is 1170 g/mol. The number of likely N-dealkylation sites (N-methyl/N-ethyl adjacent to an activating group) is 1. The molecule has 1 aromatic carbocycles. The molecule has 1 aromatic rings. The van der Waals surface area contributed by atoms with E-state index in [0.29, 0.717) is 37.8 Å². The Kier molecular flexibility index (Phi) is 32.7. The minimum atomic E-state index is -1.82. The summed E-state index contributed by atoms with van der Waals surface area (Å²) in [7, 11) is 1.29. The molecule has 506 valence electrons. The fraction of sp³-hybridized carbons (Fsp3) is 0.714. The zero-order valence-electron chi connectivity index (χ0n) is 54.5. The fourth-order valence-electron chi connectivity index (χ4n) is 11.2. The lowest BCUT2D eigenvalue weighted by molar-refractivity contribution is -0.149. The third-order valence-electron chi connectivity index (χ3n) is 16.4. The van der Waals surface area contributed by atoms with Crippen LogP contribution in [0, 0.1) is 35.4 Å². The highest BCUT2D eigenvalue weighted by molar-refractivity contribution is 5.99. The second-order valence-corrected chi connectivity index (χ2v) is 25.5. The second-order valence-electron chi connectivity index (χ2n) is 25.5. The summed E-state index contributed by atoms with van der Waals surface area (Å²) in [5.74, 6) is -11.3. The highest BCUT2D eigenvalue weighted by atomic mass is 19.1. The Morgan fingerprint density at radius 2 is 1.26 bits per heavy atom. The molecule has 14 N–H and O–H groups in total. The van der Waals surface area contributed by atoms with Crippen LogP contribution in [0.3, 0.4) is 0 Å². The van der Waals surface area contributed by atoms with Crippen LogP contribution in [0.15, 0.2) is 29.3 Å². The van der Waals surface area contributed by atoms with Gasteiger partial charge in [0.05, 0.1) is 18.4 Å². The first-order valence-electron chi connectivity index (χ1n) is 32.0. The van der Waals surface area contributed by atoms with Crippen molar-refractivity contribution in [1.82, 2.24) is 46.6 Å². The van der Waals surface area contributed by atoms with Crippen LogP contribution in [-0.2, 0) is 59.2 Å². The Bertz CT molecular complexity index is 2600. The number of aliphatic imine (C=N–C) groups is 1. The number of carboxylic acids is 1. The number of rotatable bonds is 38. The molecule has 2 aliphatic rings. The average molecular weight is 1270 g/mol. The van der Waals surface area contributed by atoms with Gasteiger partial charge in [0.15, 0.2) is 5.96 Å². The van der Waals surface area contributed by atoms with E-state index < -0.39 is 138 Å². The summed E-state index contributed by atoms with van der Waals surface area (Å²) >= 11 is 0. The normalized spacial score (nSPS) is 18.4. The third kappa shape index (κ3) is 25.8. The SMILES string of the molecule is CCCCCCCC(=O)N1CCC[C@H](C(=O)N[C@@H](Cc2ccc(F)cc2)C(=O)N[C@H](CC(C)C)C(=O)N[C@@H](CC(C)C)C(=O)N2C[C@H](O)C[C@H]2C(=O)N(C)[C@@H](CC(C)C)C(=O)N[C@@H](CC(=O)O)C(=O)N[C@@H](CCCN=C(N)N)C(=O)N[C@H](C(N)=O)[C@@H](C)CC)C1. The van der Waals surface area contributed by atoms with Crippen LogP contribution in [0.5, 0.6) is 0 Å². The van der Waals surface area contributed by atoms with Crippen molar-refractivity contribution in [3.05, 3.63) is 35.6 Å². The number of nitrogens with one attached hydrogen (secondary N) is 6. The van der Waals surface area contributed by atoms with Crippen molar-refractivity contribution in [3.8, 4) is 0 Å². The number of amides is 10. The Morgan fingerprint density at radius 1 is 0.689 bits per heavy atom. The number of aliphatic hydroxyl groups is 1. The Morgan fingerprint density at radius 3 is 1.84 bits per heavy atom. The van der Waals surface area contributed by atoms with Gasteiger partial charge in [-0.1, -0.05) is 107 Å². The van der Waals surface area contributed by atoms with Crippen molar-refractivity contribution in [2.75, 3.05) is 33.2 Å². The zero-order chi connectivity index (χ0) is 67.5. The summed E-state index contributed by atoms with van der Waals surface area (Å²) in [4.78, 5) is 161. The number of carbonyl (C=O) groups is 11. The van der Waals surface area contributed by atoms with Crippen LogP contribution < -0.4 is 49.1 Å². The van der Waals surface area contributed by atoms with Crippen molar-refractivity contribution < 1.29 is 67.3 Å². The van der Waals surface area contributed by atoms with Crippen LogP contribution in [0.25, 0.3) is 0 Å². The van der Waals surface area contributed by atoms with Crippen molar-refractivity contribution >= 4 is 71.0 Å². The summed E-state index contributed by atoms with van der Waals surface area (Å²) in [6.07, 6.45) is 4.29. The largest absolute Gasteiger partial charge is 0.481 e. The van der Waals surface area contributed by atoms with Crippen molar-refractivity contribution in [2.45, 2.75) is 226 Å². The molecule has 10 amide bonds. The summed E-state index contributed by atoms with van der Waals surface area (Å²) in [5.41, 5.74) is 17.0. The standard InChI is InChI=1S/C63H104FN13O13/c1-11-13-14-15-16-21-51(79)76-27-18-19-41(34-76)55(83)70-46(31-40-22-24-42(64)25-23-40)58(86)71-45(28-36(3)4)57(85)73-48(29-37(5)6)61(89)77-35-43(78)32-50(77)62(90)75(10)49(30-38(7)8)60(88)72-47(33-52(80)81)59(87)69-44(20-17-26-68-63(66)67)56(84)74-53(54(65)82)39(9)12-2/h22-25,36-39,41,43-50,53,78H,11-21,26-35H2,1-10H3,(H2,65,82)(H,69,87)(H,70,83)(H,71,86)(H,72,88)(H,73,85)(H,74,84)(H,80,81)(H4,66,67,68)/t39-,41-,43+,44-,45+,46-,47-,48-,49-,50-,53-/m0/s1. The Balaban J connectivity index is 1.91. The van der Waals surface area contributed by atoms with Crippen LogP contribution in [-0.4, -0.2) is 184 Å². The van der Waals surface area contributed by atoms with Crippen LogP contribution in [0.2, 0.25) is 0 Å². The van der Waals surface area contributed by atoms with Crippen LogP contribution in [0.4, 0.5) is 4.39 Å². The van der Waals surface area contributed by atoms with Gasteiger partial charge in [-0.05, 0) is 92.7 Å². The summed E-state index contributed by atoms with van der Waals surface area (Å²) in [5, 5.41) is 37.1. The molecule has 90 heavy (non-hydrogen) atoms. The van der Waals surface area contributed by atoms with E-state index in [1.165, 1.54) is 31.3 Å². The summed E-state index contributed by atoms with van der Waals surface area (Å²) < 4.78 is 14.1. The molecule has 0 radical (unpaired) electrons. The van der Waals surface area contributed by atoms with E-state index in [9.17, 15) is 67.3 Å². The van der Waals surface area contributed by atoms with Gasteiger partial charge in [0.1, 0.15) is 54.2 Å². The number of benzene rings is 1. The van der Waals surface area contributed by atoms with E-state index >= 15 is 0 Å². The number of β-amino-alcohol motifs (C(OH)–C–C–N with tert-alkyl or cyclic N) is 1. The van der Waals surface area contributed by atoms with Crippen molar-refractivity contribution in [1.29, 1.82) is 0 Å². The zero-order valence-corrected chi connectivity index (χ0v) is 54.5.